The number of ether oxygens (including phenoxy) is 2. The van der Waals surface area contributed by atoms with Crippen molar-refractivity contribution >= 4 is 30.8 Å². The van der Waals surface area contributed by atoms with Gasteiger partial charge >= 0.3 is 13.5 Å². The van der Waals surface area contributed by atoms with E-state index in [-0.39, 0.29) is 35.8 Å². The van der Waals surface area contributed by atoms with Gasteiger partial charge < -0.3 is 36.0 Å². The molecule has 5 rings (SSSR count). The van der Waals surface area contributed by atoms with Crippen molar-refractivity contribution < 1.29 is 38.2 Å². The molecule has 0 bridgehead atoms. The maximum atomic E-state index is 12.7. The third-order valence-corrected chi connectivity index (χ3v) is 7.17. The Balaban J connectivity index is 1.22. The van der Waals surface area contributed by atoms with Crippen molar-refractivity contribution in [2.75, 3.05) is 24.7 Å². The lowest BCUT2D eigenvalue weighted by Crippen LogP contribution is -2.29. The van der Waals surface area contributed by atoms with Gasteiger partial charge in [0.1, 0.15) is 36.6 Å². The van der Waals surface area contributed by atoms with Crippen LogP contribution in [0.3, 0.4) is 0 Å². The Kier molecular flexibility index (Phi) is 7.05. The number of aliphatic hydroxyl groups excluding tert-OH is 2. The second-order valence-electron chi connectivity index (χ2n) is 8.71. The molecular formula is C19H25N8O10P. The molecule has 1 unspecified atom stereocenters. The number of nitrogens with two attached hydrogens (primary N) is 2. The maximum Gasteiger partial charge on any atom is 0.472 e. The number of nitrogens with zero attached hydrogens (tertiary/aromatic N) is 5. The lowest BCUT2D eigenvalue weighted by atomic mass is 10.2. The Morgan fingerprint density at radius 1 is 1.16 bits per heavy atom. The number of aliphatic hydroxyl groups is 2. The van der Waals surface area contributed by atoms with Crippen LogP contribution in [0, 0.1) is 0 Å². The number of phosphoric acid groups is 1. The predicted molar refractivity (Wildman–Crippen MR) is 126 cm³/mol. The van der Waals surface area contributed by atoms with Crippen LogP contribution in [-0.4, -0.2) is 81.8 Å². The SMILES string of the molecule is Nc1ccn([C@H]2C[C@@H](OP(=O)(O)OC[C@H]3O[C@@H](n4cnc5c(=O)[nH]c(N)nc54)C[C@H]3O)[C@@H](CO)O2)c(=O)n1. The van der Waals surface area contributed by atoms with E-state index in [2.05, 4.69) is 19.9 Å². The molecule has 0 amide bonds. The number of nitrogen functional groups attached to an aromatic ring is 2. The number of anilines is 2. The monoisotopic (exact) mass is 556 g/mol. The quantitative estimate of drug-likeness (QED) is 0.163. The van der Waals surface area contributed by atoms with Gasteiger partial charge in [-0.15, -0.1) is 0 Å². The van der Waals surface area contributed by atoms with E-state index in [4.69, 9.17) is 30.0 Å². The number of aromatic amines is 1. The van der Waals surface area contributed by atoms with Gasteiger partial charge in [-0.3, -0.25) is 28.0 Å². The third-order valence-electron chi connectivity index (χ3n) is 6.16. The molecule has 206 valence electrons. The number of hydrogen-bond acceptors (Lipinski definition) is 14. The van der Waals surface area contributed by atoms with Crippen LogP contribution in [0.15, 0.2) is 28.2 Å². The molecule has 3 aromatic heterocycles. The Hall–Kier alpha value is -3.22. The number of hydrogen-bond donors (Lipinski definition) is 6. The molecule has 38 heavy (non-hydrogen) atoms. The second kappa shape index (κ2) is 10.2. The summed E-state index contributed by atoms with van der Waals surface area (Å²) in [4.78, 5) is 48.4. The number of rotatable bonds is 8. The molecule has 18 nitrogen and oxygen atoms in total. The topological polar surface area (TPSA) is 265 Å². The van der Waals surface area contributed by atoms with Crippen molar-refractivity contribution in [2.45, 2.75) is 49.7 Å². The summed E-state index contributed by atoms with van der Waals surface area (Å²) in [5.41, 5.74) is 10.0. The summed E-state index contributed by atoms with van der Waals surface area (Å²) in [7, 11) is -4.74. The van der Waals surface area contributed by atoms with E-state index in [0.717, 1.165) is 4.57 Å². The van der Waals surface area contributed by atoms with Crippen LogP contribution in [-0.2, 0) is 23.1 Å². The zero-order valence-corrected chi connectivity index (χ0v) is 20.5. The number of imidazole rings is 1. The Morgan fingerprint density at radius 2 is 1.89 bits per heavy atom. The standard InChI is InChI=1S/C19H25N8O10P/c20-12-1-2-26(19(31)23-12)14-4-9(10(5-28)35-14)37-38(32,33)34-6-11-8(29)3-13(36-11)27-7-22-15-16(27)24-18(21)25-17(15)30/h1-2,7-11,13-14,28-29H,3-6H2,(H,32,33)(H2,20,23,31)(H3,21,24,25,30)/t8-,9-,10-,11-,13-,14-/m1/s1. The second-order valence-corrected chi connectivity index (χ2v) is 10.1. The summed E-state index contributed by atoms with van der Waals surface area (Å²) in [6.45, 7) is -1.10. The van der Waals surface area contributed by atoms with E-state index in [1.807, 2.05) is 0 Å². The van der Waals surface area contributed by atoms with E-state index >= 15 is 0 Å². The summed E-state index contributed by atoms with van der Waals surface area (Å²) in [6.07, 6.45) is -3.42. The van der Waals surface area contributed by atoms with Crippen LogP contribution in [0.5, 0.6) is 0 Å². The minimum atomic E-state index is -4.74. The van der Waals surface area contributed by atoms with Crippen molar-refractivity contribution in [1.29, 1.82) is 0 Å². The van der Waals surface area contributed by atoms with Gasteiger partial charge in [0.05, 0.1) is 25.6 Å². The molecule has 8 N–H and O–H groups in total. The van der Waals surface area contributed by atoms with E-state index in [1.165, 1.54) is 23.2 Å². The van der Waals surface area contributed by atoms with Crippen molar-refractivity contribution in [3.8, 4) is 0 Å². The van der Waals surface area contributed by atoms with E-state index in [0.29, 0.717) is 0 Å². The maximum absolute atomic E-state index is 12.7. The fourth-order valence-corrected chi connectivity index (χ4v) is 5.31. The summed E-state index contributed by atoms with van der Waals surface area (Å²) < 4.78 is 36.8. The van der Waals surface area contributed by atoms with Crippen molar-refractivity contribution in [2.24, 2.45) is 0 Å². The molecule has 19 heteroatoms. The largest absolute Gasteiger partial charge is 0.472 e. The summed E-state index contributed by atoms with van der Waals surface area (Å²) >= 11 is 0. The third kappa shape index (κ3) is 5.20. The highest BCUT2D eigenvalue weighted by molar-refractivity contribution is 7.47. The number of H-pyrrole nitrogens is 1. The van der Waals surface area contributed by atoms with Crippen molar-refractivity contribution in [1.82, 2.24) is 29.1 Å². The molecule has 0 aliphatic carbocycles. The van der Waals surface area contributed by atoms with Crippen LogP contribution >= 0.6 is 7.82 Å². The first-order valence-electron chi connectivity index (χ1n) is 11.4. The van der Waals surface area contributed by atoms with Gasteiger partial charge in [-0.05, 0) is 6.07 Å². The minimum Gasteiger partial charge on any atom is -0.394 e. The highest BCUT2D eigenvalue weighted by Gasteiger charge is 2.43. The van der Waals surface area contributed by atoms with E-state index in [1.54, 1.807) is 0 Å². The first-order valence-corrected chi connectivity index (χ1v) is 12.9. The molecule has 0 aromatic carbocycles. The summed E-state index contributed by atoms with van der Waals surface area (Å²) in [6, 6.07) is 1.38. The molecule has 0 spiro atoms. The first kappa shape index (κ1) is 26.4. The van der Waals surface area contributed by atoms with Gasteiger partial charge in [0.25, 0.3) is 5.56 Å². The van der Waals surface area contributed by atoms with Gasteiger partial charge in [0.2, 0.25) is 5.95 Å². The van der Waals surface area contributed by atoms with Crippen LogP contribution in [0.2, 0.25) is 0 Å². The normalized spacial score (nSPS) is 29.1. The molecule has 2 fully saturated rings. The smallest absolute Gasteiger partial charge is 0.394 e. The molecule has 0 radical (unpaired) electrons. The number of phosphoric ester groups is 1. The van der Waals surface area contributed by atoms with Gasteiger partial charge in [0.15, 0.2) is 11.2 Å². The average Bonchev–Trinajstić information content (AvgIpc) is 3.54. The number of aromatic nitrogens is 6. The zero-order valence-electron chi connectivity index (χ0n) is 19.6. The van der Waals surface area contributed by atoms with Crippen LogP contribution in [0.25, 0.3) is 11.2 Å². The minimum absolute atomic E-state index is 0.0119. The molecule has 0 saturated carbocycles. The lowest BCUT2D eigenvalue weighted by molar-refractivity contribution is -0.0564. The predicted octanol–water partition coefficient (Wildman–Crippen LogP) is -2.03. The molecule has 5 heterocycles. The highest BCUT2D eigenvalue weighted by Crippen LogP contribution is 2.49. The van der Waals surface area contributed by atoms with E-state index in [9.17, 15) is 29.3 Å². The van der Waals surface area contributed by atoms with E-state index < -0.39 is 69.2 Å². The van der Waals surface area contributed by atoms with Gasteiger partial charge in [-0.25, -0.2) is 14.3 Å². The summed E-state index contributed by atoms with van der Waals surface area (Å²) in [5, 5.41) is 20.1. The van der Waals surface area contributed by atoms with Crippen molar-refractivity contribution in [3.63, 3.8) is 0 Å². The fourth-order valence-electron chi connectivity index (χ4n) is 4.35. The van der Waals surface area contributed by atoms with Gasteiger partial charge in [-0.2, -0.15) is 9.97 Å². The van der Waals surface area contributed by atoms with Gasteiger partial charge in [-0.1, -0.05) is 0 Å². The molecule has 2 saturated heterocycles. The van der Waals surface area contributed by atoms with Crippen LogP contribution < -0.4 is 22.7 Å². The number of fused-ring (bicyclic) bond motifs is 1. The lowest BCUT2D eigenvalue weighted by Gasteiger charge is -2.21. The van der Waals surface area contributed by atoms with Crippen LogP contribution in [0.1, 0.15) is 25.3 Å². The summed E-state index contributed by atoms with van der Waals surface area (Å²) in [5.74, 6) is -0.115. The Bertz CT molecular complexity index is 1490. The average molecular weight is 556 g/mol. The Labute approximate surface area is 212 Å². The van der Waals surface area contributed by atoms with Crippen LogP contribution in [0.4, 0.5) is 11.8 Å². The van der Waals surface area contributed by atoms with Gasteiger partial charge in [0, 0.05) is 19.0 Å². The molecule has 7 atom stereocenters. The highest BCUT2D eigenvalue weighted by atomic mass is 31.2. The van der Waals surface area contributed by atoms with Crippen molar-refractivity contribution in [3.05, 3.63) is 39.4 Å². The first-order chi connectivity index (χ1) is 18.0. The number of nitrogens with one attached hydrogen (secondary N) is 1. The molecule has 2 aliphatic heterocycles. The molecular weight excluding hydrogens is 531 g/mol. The molecule has 3 aromatic rings. The molecule has 2 aliphatic rings. The fraction of sp³-hybridized carbons (Fsp3) is 0.526. The Morgan fingerprint density at radius 3 is 2.63 bits per heavy atom. The zero-order chi connectivity index (χ0) is 27.2.